The van der Waals surface area contributed by atoms with Crippen LogP contribution in [0.15, 0.2) is 77.9 Å². The molecule has 0 atom stereocenters. The van der Waals surface area contributed by atoms with Gasteiger partial charge in [0.2, 0.25) is 0 Å². The van der Waals surface area contributed by atoms with Gasteiger partial charge in [-0.05, 0) is 31.4 Å². The molecule has 0 N–H and O–H groups in total. The van der Waals surface area contributed by atoms with Crippen LogP contribution in [-0.2, 0) is 19.1 Å². The van der Waals surface area contributed by atoms with Crippen LogP contribution < -0.4 is 0 Å². The topological polar surface area (TPSA) is 69.7 Å². The number of hydrogen-bond donors (Lipinski definition) is 0. The molecule has 0 amide bonds. The summed E-state index contributed by atoms with van der Waals surface area (Å²) in [5, 5.41) is 0. The van der Waals surface area contributed by atoms with E-state index in [1.165, 1.54) is 0 Å². The Balaban J connectivity index is 2.05. The first-order chi connectivity index (χ1) is 15.0. The molecule has 5 heteroatoms. The van der Waals surface area contributed by atoms with Crippen LogP contribution in [0.4, 0.5) is 0 Å². The second-order valence-electron chi connectivity index (χ2n) is 7.32. The zero-order chi connectivity index (χ0) is 22.3. The first kappa shape index (κ1) is 22.2. The number of ether oxygens (including phenoxy) is 2. The average Bonchev–Trinajstić information content (AvgIpc) is 3.20. The Morgan fingerprint density at radius 1 is 0.806 bits per heavy atom. The van der Waals surface area contributed by atoms with Crippen molar-refractivity contribution >= 4 is 23.8 Å². The number of allylic oxidation sites excluding steroid dienone is 3. The van der Waals surface area contributed by atoms with Gasteiger partial charge >= 0.3 is 11.9 Å². The number of hydrogen-bond acceptors (Lipinski definition) is 5. The molecule has 1 aliphatic rings. The highest BCUT2D eigenvalue weighted by Gasteiger charge is 2.54. The SMILES string of the molecule is CCOC(=O)C1(C(=O)OCC)CC(/C=C/c2ccccc2)=C(C(=O)c2ccccc2)C1. The lowest BCUT2D eigenvalue weighted by Crippen LogP contribution is -2.40. The van der Waals surface area contributed by atoms with Crippen molar-refractivity contribution in [3.05, 3.63) is 89.0 Å². The number of carbonyl (C=O) groups is 3. The smallest absolute Gasteiger partial charge is 0.324 e. The number of ketones is 1. The van der Waals surface area contributed by atoms with Gasteiger partial charge in [-0.3, -0.25) is 14.4 Å². The van der Waals surface area contributed by atoms with Gasteiger partial charge in [-0.2, -0.15) is 0 Å². The summed E-state index contributed by atoms with van der Waals surface area (Å²) >= 11 is 0. The molecule has 0 saturated heterocycles. The first-order valence-electron chi connectivity index (χ1n) is 10.4. The lowest BCUT2D eigenvalue weighted by molar-refractivity contribution is -0.171. The molecule has 0 saturated carbocycles. The maximum atomic E-state index is 13.3. The van der Waals surface area contributed by atoms with Crippen molar-refractivity contribution in [2.75, 3.05) is 13.2 Å². The highest BCUT2D eigenvalue weighted by Crippen LogP contribution is 2.46. The fourth-order valence-corrected chi connectivity index (χ4v) is 3.73. The Morgan fingerprint density at radius 2 is 1.35 bits per heavy atom. The van der Waals surface area contributed by atoms with E-state index in [4.69, 9.17) is 9.47 Å². The van der Waals surface area contributed by atoms with E-state index < -0.39 is 17.4 Å². The Hall–Kier alpha value is -3.47. The lowest BCUT2D eigenvalue weighted by atomic mass is 9.83. The normalized spacial score (nSPS) is 15.2. The molecule has 0 bridgehead atoms. The van der Waals surface area contributed by atoms with Crippen LogP contribution in [0.2, 0.25) is 0 Å². The van der Waals surface area contributed by atoms with Crippen molar-refractivity contribution in [2.24, 2.45) is 5.41 Å². The summed E-state index contributed by atoms with van der Waals surface area (Å²) in [6, 6.07) is 18.5. The van der Waals surface area contributed by atoms with Crippen LogP contribution in [0.1, 0.15) is 42.6 Å². The zero-order valence-corrected chi connectivity index (χ0v) is 17.8. The van der Waals surface area contributed by atoms with Crippen LogP contribution in [0.25, 0.3) is 6.08 Å². The minimum Gasteiger partial charge on any atom is -0.465 e. The minimum atomic E-state index is -1.55. The number of benzene rings is 2. The van der Waals surface area contributed by atoms with E-state index >= 15 is 0 Å². The highest BCUT2D eigenvalue weighted by atomic mass is 16.6. The fourth-order valence-electron chi connectivity index (χ4n) is 3.73. The third-order valence-electron chi connectivity index (χ3n) is 5.28. The molecule has 160 valence electrons. The summed E-state index contributed by atoms with van der Waals surface area (Å²) in [6.07, 6.45) is 3.69. The van der Waals surface area contributed by atoms with E-state index in [1.807, 2.05) is 48.6 Å². The summed E-state index contributed by atoms with van der Waals surface area (Å²) in [7, 11) is 0. The molecule has 5 nitrogen and oxygen atoms in total. The molecule has 0 aromatic heterocycles. The Bertz CT molecular complexity index is 985. The van der Waals surface area contributed by atoms with Gasteiger partial charge in [-0.15, -0.1) is 0 Å². The van der Waals surface area contributed by atoms with Crippen LogP contribution in [-0.4, -0.2) is 30.9 Å². The lowest BCUT2D eigenvalue weighted by Gasteiger charge is -2.24. The van der Waals surface area contributed by atoms with Gasteiger partial charge < -0.3 is 9.47 Å². The molecular weight excluding hydrogens is 392 g/mol. The summed E-state index contributed by atoms with van der Waals surface area (Å²) in [4.78, 5) is 39.2. The molecule has 0 fully saturated rings. The van der Waals surface area contributed by atoms with Gasteiger partial charge in [0, 0.05) is 17.6 Å². The molecule has 2 aromatic rings. The number of esters is 2. The van der Waals surface area contributed by atoms with Crippen molar-refractivity contribution < 1.29 is 23.9 Å². The van der Waals surface area contributed by atoms with E-state index in [1.54, 1.807) is 38.1 Å². The van der Waals surface area contributed by atoms with Gasteiger partial charge in [0.05, 0.1) is 13.2 Å². The predicted octanol–water partition coefficient (Wildman–Crippen LogP) is 4.79. The molecular formula is C26H26O5. The second kappa shape index (κ2) is 10.0. The molecule has 2 aromatic carbocycles. The largest absolute Gasteiger partial charge is 0.465 e. The van der Waals surface area contributed by atoms with Crippen LogP contribution >= 0.6 is 0 Å². The molecule has 1 aliphatic carbocycles. The van der Waals surface area contributed by atoms with Crippen molar-refractivity contribution in [2.45, 2.75) is 26.7 Å². The van der Waals surface area contributed by atoms with Gasteiger partial charge in [0.1, 0.15) is 0 Å². The summed E-state index contributed by atoms with van der Waals surface area (Å²) in [5.41, 5.74) is 0.971. The number of Topliss-reactive ketones (excluding diaryl/α,β-unsaturated/α-hetero) is 1. The van der Waals surface area contributed by atoms with Gasteiger partial charge in [0.25, 0.3) is 0 Å². The third-order valence-corrected chi connectivity index (χ3v) is 5.28. The monoisotopic (exact) mass is 418 g/mol. The Kier molecular flexibility index (Phi) is 7.19. The summed E-state index contributed by atoms with van der Waals surface area (Å²) < 4.78 is 10.5. The standard InChI is InChI=1S/C26H26O5/c1-3-30-24(28)26(25(29)31-4-2)17-21(16-15-19-11-7-5-8-12-19)22(18-26)23(27)20-13-9-6-10-14-20/h5-16H,3-4,17-18H2,1-2H3/b16-15+. The molecule has 31 heavy (non-hydrogen) atoms. The number of carbonyl (C=O) groups excluding carboxylic acids is 3. The zero-order valence-electron chi connectivity index (χ0n) is 17.8. The number of rotatable bonds is 8. The molecule has 0 heterocycles. The second-order valence-corrected chi connectivity index (χ2v) is 7.32. The van der Waals surface area contributed by atoms with Crippen molar-refractivity contribution in [3.63, 3.8) is 0 Å². The van der Waals surface area contributed by atoms with Crippen LogP contribution in [0.3, 0.4) is 0 Å². The van der Waals surface area contributed by atoms with Gasteiger partial charge in [0.15, 0.2) is 11.2 Å². The van der Waals surface area contributed by atoms with Crippen molar-refractivity contribution in [3.8, 4) is 0 Å². The Labute approximate surface area is 182 Å². The van der Waals surface area contributed by atoms with Gasteiger partial charge in [-0.25, -0.2) is 0 Å². The minimum absolute atomic E-state index is 0.0488. The Morgan fingerprint density at radius 3 is 1.90 bits per heavy atom. The van der Waals surface area contributed by atoms with Crippen LogP contribution in [0.5, 0.6) is 0 Å². The van der Waals surface area contributed by atoms with Crippen LogP contribution in [0, 0.1) is 5.41 Å². The third kappa shape index (κ3) is 4.82. The molecule has 3 rings (SSSR count). The molecule has 0 radical (unpaired) electrons. The molecule has 0 unspecified atom stereocenters. The summed E-state index contributed by atoms with van der Waals surface area (Å²) in [6.45, 7) is 3.64. The highest BCUT2D eigenvalue weighted by molar-refractivity contribution is 6.13. The fraction of sp³-hybridized carbons (Fsp3) is 0.269. The summed E-state index contributed by atoms with van der Waals surface area (Å²) in [5.74, 6) is -1.52. The molecule has 0 aliphatic heterocycles. The predicted molar refractivity (Wildman–Crippen MR) is 118 cm³/mol. The van der Waals surface area contributed by atoms with Crippen molar-refractivity contribution in [1.82, 2.24) is 0 Å². The van der Waals surface area contributed by atoms with Crippen molar-refractivity contribution in [1.29, 1.82) is 0 Å². The quantitative estimate of drug-likeness (QED) is 0.350. The maximum Gasteiger partial charge on any atom is 0.324 e. The van der Waals surface area contributed by atoms with E-state index in [0.29, 0.717) is 16.7 Å². The first-order valence-corrected chi connectivity index (χ1v) is 10.4. The van der Waals surface area contributed by atoms with E-state index in [9.17, 15) is 14.4 Å². The van der Waals surface area contributed by atoms with E-state index in [0.717, 1.165) is 5.56 Å². The van der Waals surface area contributed by atoms with E-state index in [2.05, 4.69) is 0 Å². The van der Waals surface area contributed by atoms with E-state index in [-0.39, 0.29) is 31.8 Å². The maximum absolute atomic E-state index is 13.3. The van der Waals surface area contributed by atoms with Gasteiger partial charge in [-0.1, -0.05) is 72.8 Å². The molecule has 0 spiro atoms. The average molecular weight is 418 g/mol.